The van der Waals surface area contributed by atoms with Gasteiger partial charge in [-0.25, -0.2) is 0 Å². The lowest BCUT2D eigenvalue weighted by Crippen LogP contribution is -1.89. The summed E-state index contributed by atoms with van der Waals surface area (Å²) in [6, 6.07) is 1.78. The number of carbonyl (C=O) groups is 1. The highest BCUT2D eigenvalue weighted by Gasteiger charge is 1.82. The van der Waals surface area contributed by atoms with Crippen molar-refractivity contribution in [3.63, 3.8) is 0 Å². The molecule has 0 aromatic rings. The van der Waals surface area contributed by atoms with Gasteiger partial charge in [0.05, 0.1) is 12.5 Å². The summed E-state index contributed by atoms with van der Waals surface area (Å²) in [6.07, 6.45) is 2.15. The van der Waals surface area contributed by atoms with Gasteiger partial charge in [0.2, 0.25) is 0 Å². The molecule has 9 heavy (non-hydrogen) atoms. The number of nitrogens with zero attached hydrogens (tertiary/aromatic N) is 1. The van der Waals surface area contributed by atoms with E-state index < -0.39 is 5.97 Å². The maximum absolute atomic E-state index is 10.00. The van der Waals surface area contributed by atoms with Crippen molar-refractivity contribution < 1.29 is 9.53 Å². The summed E-state index contributed by atoms with van der Waals surface area (Å²) in [7, 11) is 0. The van der Waals surface area contributed by atoms with Crippen molar-refractivity contribution in [2.75, 3.05) is 0 Å². The summed E-state index contributed by atoms with van der Waals surface area (Å²) in [4.78, 5) is 10.00. The van der Waals surface area contributed by atoms with Crippen molar-refractivity contribution in [2.45, 2.75) is 13.3 Å². The van der Waals surface area contributed by atoms with E-state index in [9.17, 15) is 4.79 Å². The third kappa shape index (κ3) is 6.52. The maximum atomic E-state index is 10.00. The first-order valence-electron chi connectivity index (χ1n) is 2.29. The van der Waals surface area contributed by atoms with E-state index in [-0.39, 0.29) is 6.42 Å². The van der Waals surface area contributed by atoms with Crippen LogP contribution in [0.15, 0.2) is 0 Å². The Morgan fingerprint density at radius 1 is 1.78 bits per heavy atom. The van der Waals surface area contributed by atoms with E-state index in [1.165, 1.54) is 6.92 Å². The van der Waals surface area contributed by atoms with Gasteiger partial charge in [0.1, 0.15) is 6.11 Å². The van der Waals surface area contributed by atoms with Crippen molar-refractivity contribution in [1.82, 2.24) is 0 Å². The highest BCUT2D eigenvalue weighted by molar-refractivity contribution is 5.67. The van der Waals surface area contributed by atoms with Crippen LogP contribution in [0, 0.1) is 23.4 Å². The first-order chi connectivity index (χ1) is 4.27. The minimum absolute atomic E-state index is 0.0906. The molecule has 0 atom stereocenters. The molecule has 3 heteroatoms. The zero-order chi connectivity index (χ0) is 7.11. The largest absolute Gasteiger partial charge is 0.372 e. The summed E-state index contributed by atoms with van der Waals surface area (Å²) in [6.45, 7) is 1.25. The topological polar surface area (TPSA) is 50.1 Å². The molecule has 0 amide bonds. The first-order valence-corrected chi connectivity index (χ1v) is 2.29. The fraction of sp³-hybridized carbons (Fsp3) is 0.333. The van der Waals surface area contributed by atoms with Crippen LogP contribution in [0.4, 0.5) is 0 Å². The zero-order valence-corrected chi connectivity index (χ0v) is 4.97. The molecule has 0 radical (unpaired) electrons. The Morgan fingerprint density at radius 3 is 2.89 bits per heavy atom. The molecular weight excluding hydrogens is 118 g/mol. The predicted octanol–water partition coefficient (Wildman–Crippen LogP) is 0.424. The van der Waals surface area contributed by atoms with Gasteiger partial charge in [0, 0.05) is 6.92 Å². The van der Waals surface area contributed by atoms with Gasteiger partial charge >= 0.3 is 5.97 Å². The van der Waals surface area contributed by atoms with E-state index in [0.29, 0.717) is 0 Å². The van der Waals surface area contributed by atoms with Gasteiger partial charge < -0.3 is 4.74 Å². The van der Waals surface area contributed by atoms with Crippen LogP contribution in [0.1, 0.15) is 13.3 Å². The molecule has 0 aromatic heterocycles. The van der Waals surface area contributed by atoms with Crippen LogP contribution < -0.4 is 0 Å². The smallest absolute Gasteiger partial charge is 0.316 e. The summed E-state index contributed by atoms with van der Waals surface area (Å²) in [5.74, 6) is 1.85. The predicted molar refractivity (Wildman–Crippen MR) is 29.8 cm³/mol. The Kier molecular flexibility index (Phi) is 3.90. The lowest BCUT2D eigenvalue weighted by molar-refractivity contribution is -0.134. The number of ether oxygens (including phenoxy) is 1. The average Bonchev–Trinajstić information content (AvgIpc) is 1.80. The summed E-state index contributed by atoms with van der Waals surface area (Å²) in [5, 5.41) is 7.94. The Hall–Kier alpha value is -1.48. The number of rotatable bonds is 0. The molecule has 0 fully saturated rings. The van der Waals surface area contributed by atoms with E-state index >= 15 is 0 Å². The molecule has 0 spiro atoms. The van der Waals surface area contributed by atoms with Gasteiger partial charge in [-0.05, 0) is 5.92 Å². The highest BCUT2D eigenvalue weighted by Crippen LogP contribution is 1.72. The standard InChI is InChI=1S/C6H5NO2/c1-6(8)9-5-3-2-4-7/h2H2,1H3. The van der Waals surface area contributed by atoms with Crippen molar-refractivity contribution >= 4 is 5.97 Å². The lowest BCUT2D eigenvalue weighted by atomic mass is 10.5. The summed E-state index contributed by atoms with van der Waals surface area (Å²) >= 11 is 0. The molecule has 3 nitrogen and oxygen atoms in total. The van der Waals surface area contributed by atoms with E-state index in [1.54, 1.807) is 6.07 Å². The highest BCUT2D eigenvalue weighted by atomic mass is 16.5. The van der Waals surface area contributed by atoms with Crippen LogP contribution in [0.5, 0.6) is 0 Å². The molecule has 0 unspecified atom stereocenters. The minimum Gasteiger partial charge on any atom is -0.372 e. The molecule has 0 rings (SSSR count). The monoisotopic (exact) mass is 123 g/mol. The molecule has 0 aliphatic rings. The Bertz CT molecular complexity index is 191. The van der Waals surface area contributed by atoms with Gasteiger partial charge in [-0.2, -0.15) is 5.26 Å². The van der Waals surface area contributed by atoms with Crippen molar-refractivity contribution in [2.24, 2.45) is 0 Å². The van der Waals surface area contributed by atoms with Gasteiger partial charge in [-0.3, -0.25) is 4.79 Å². The second-order valence-corrected chi connectivity index (χ2v) is 1.21. The van der Waals surface area contributed by atoms with Crippen molar-refractivity contribution in [3.05, 3.63) is 0 Å². The number of carbonyl (C=O) groups excluding carboxylic acids is 1. The number of hydrogen-bond acceptors (Lipinski definition) is 3. The second-order valence-electron chi connectivity index (χ2n) is 1.21. The van der Waals surface area contributed by atoms with Crippen molar-refractivity contribution in [3.8, 4) is 18.1 Å². The molecule has 0 saturated carbocycles. The van der Waals surface area contributed by atoms with Crippen LogP contribution in [0.25, 0.3) is 0 Å². The number of nitriles is 1. The lowest BCUT2D eigenvalue weighted by Gasteiger charge is -1.80. The Labute approximate surface area is 53.2 Å². The second kappa shape index (κ2) is 4.67. The SMILES string of the molecule is CC(=O)OC#CCC#N. The van der Waals surface area contributed by atoms with Crippen LogP contribution in [-0.4, -0.2) is 5.97 Å². The third-order valence-electron chi connectivity index (χ3n) is 0.434. The van der Waals surface area contributed by atoms with E-state index in [0.717, 1.165) is 0 Å². The fourth-order valence-electron chi connectivity index (χ4n) is 0.184. The van der Waals surface area contributed by atoms with Crippen LogP contribution in [0.2, 0.25) is 0 Å². The molecule has 0 N–H and O–H groups in total. The number of hydrogen-bond donors (Lipinski definition) is 0. The van der Waals surface area contributed by atoms with Crippen LogP contribution >= 0.6 is 0 Å². The van der Waals surface area contributed by atoms with Crippen LogP contribution in [-0.2, 0) is 9.53 Å². The zero-order valence-electron chi connectivity index (χ0n) is 4.97. The number of esters is 1. The van der Waals surface area contributed by atoms with Gasteiger partial charge in [0.15, 0.2) is 0 Å². The molecular formula is C6H5NO2. The average molecular weight is 123 g/mol. The molecule has 0 aromatic carbocycles. The summed E-state index contributed by atoms with van der Waals surface area (Å²) < 4.78 is 4.19. The van der Waals surface area contributed by atoms with Crippen LogP contribution in [0.3, 0.4) is 0 Å². The summed E-state index contributed by atoms with van der Waals surface area (Å²) in [5.41, 5.74) is 0. The Balaban J connectivity index is 3.41. The quantitative estimate of drug-likeness (QED) is 0.346. The van der Waals surface area contributed by atoms with Gasteiger partial charge in [0.25, 0.3) is 0 Å². The van der Waals surface area contributed by atoms with E-state index in [4.69, 9.17) is 5.26 Å². The van der Waals surface area contributed by atoms with Gasteiger partial charge in [-0.15, -0.1) is 0 Å². The molecule has 0 saturated heterocycles. The molecule has 0 bridgehead atoms. The fourth-order valence-corrected chi connectivity index (χ4v) is 0.184. The van der Waals surface area contributed by atoms with E-state index in [1.807, 2.05) is 0 Å². The third-order valence-corrected chi connectivity index (χ3v) is 0.434. The van der Waals surface area contributed by atoms with E-state index in [2.05, 4.69) is 16.8 Å². The molecule has 46 valence electrons. The maximum Gasteiger partial charge on any atom is 0.316 e. The van der Waals surface area contributed by atoms with Gasteiger partial charge in [-0.1, -0.05) is 0 Å². The first kappa shape index (κ1) is 7.52. The minimum atomic E-state index is -0.458. The molecule has 0 heterocycles. The molecule has 0 aliphatic carbocycles. The van der Waals surface area contributed by atoms with Crippen molar-refractivity contribution in [1.29, 1.82) is 5.26 Å². The normalized spacial score (nSPS) is 6.22. The molecule has 0 aliphatic heterocycles. The Morgan fingerprint density at radius 2 is 2.44 bits per heavy atom.